The molecule has 6 nitrogen and oxygen atoms in total. The Labute approximate surface area is 99.3 Å². The Morgan fingerprint density at radius 2 is 1.72 bits per heavy atom. The van der Waals surface area contributed by atoms with Crippen LogP contribution in [0.2, 0.25) is 0 Å². The highest BCUT2D eigenvalue weighted by Crippen LogP contribution is 2.23. The summed E-state index contributed by atoms with van der Waals surface area (Å²) >= 11 is 0. The number of aliphatic hydroxyl groups excluding tert-OH is 2. The van der Waals surface area contributed by atoms with Crippen molar-refractivity contribution in [3.05, 3.63) is 34.9 Å². The van der Waals surface area contributed by atoms with Gasteiger partial charge in [-0.05, 0) is 6.07 Å². The number of rotatable bonds is 4. The van der Waals surface area contributed by atoms with E-state index in [1.165, 1.54) is 0 Å². The molecule has 0 spiro atoms. The summed E-state index contributed by atoms with van der Waals surface area (Å²) in [5.41, 5.74) is 3.05. The van der Waals surface area contributed by atoms with Crippen LogP contribution in [-0.4, -0.2) is 33.3 Å². The highest BCUT2D eigenvalue weighted by Gasteiger charge is 2.28. The third-order valence-corrected chi connectivity index (χ3v) is 2.23. The van der Waals surface area contributed by atoms with Crippen molar-refractivity contribution in [3.8, 4) is 0 Å². The minimum absolute atomic E-state index is 0.232. The molecule has 1 aromatic carbocycles. The number of aromatic carboxylic acids is 1. The number of carboxylic acid groups (broad SMARTS) is 1. The molecule has 0 saturated carbocycles. The Morgan fingerprint density at radius 1 is 1.17 bits per heavy atom. The molecule has 2 unspecified atom stereocenters. The van der Waals surface area contributed by atoms with E-state index >= 15 is 0 Å². The Balaban J connectivity index is 3.28. The van der Waals surface area contributed by atoms with E-state index in [9.17, 15) is 23.5 Å². The van der Waals surface area contributed by atoms with E-state index in [0.717, 1.165) is 0 Å². The summed E-state index contributed by atoms with van der Waals surface area (Å²) in [6, 6.07) is 0.722. The molecule has 0 aromatic heterocycles. The van der Waals surface area contributed by atoms with E-state index in [-0.39, 0.29) is 6.07 Å². The number of amides is 1. The summed E-state index contributed by atoms with van der Waals surface area (Å²) < 4.78 is 26.4. The number of primary amides is 1. The number of hydrogen-bond donors (Lipinski definition) is 4. The van der Waals surface area contributed by atoms with E-state index < -0.39 is 46.8 Å². The van der Waals surface area contributed by atoms with E-state index in [1.807, 2.05) is 0 Å². The standard InChI is InChI=1S/C10H9F2NO5/c11-5-2-6(12)4(10(17)18)1-3(5)7(14)8(15)9(13)16/h1-2,7-8,14-15H,(H2,13,16)(H,17,18). The Morgan fingerprint density at radius 3 is 2.17 bits per heavy atom. The van der Waals surface area contributed by atoms with Gasteiger partial charge in [0, 0.05) is 11.6 Å². The van der Waals surface area contributed by atoms with E-state index in [0.29, 0.717) is 6.07 Å². The first-order valence-corrected chi connectivity index (χ1v) is 4.63. The molecule has 0 fully saturated rings. The first kappa shape index (κ1) is 14.0. The summed E-state index contributed by atoms with van der Waals surface area (Å²) in [7, 11) is 0. The lowest BCUT2D eigenvalue weighted by Gasteiger charge is -2.16. The van der Waals surface area contributed by atoms with E-state index in [1.54, 1.807) is 0 Å². The predicted octanol–water partition coefficient (Wildman–Crippen LogP) is -0.457. The van der Waals surface area contributed by atoms with Crippen LogP contribution in [0.3, 0.4) is 0 Å². The maximum atomic E-state index is 13.3. The van der Waals surface area contributed by atoms with Crippen molar-refractivity contribution in [2.75, 3.05) is 0 Å². The van der Waals surface area contributed by atoms with Crippen molar-refractivity contribution in [2.45, 2.75) is 12.2 Å². The third-order valence-electron chi connectivity index (χ3n) is 2.23. The number of aliphatic hydroxyl groups is 2. The fourth-order valence-electron chi connectivity index (χ4n) is 1.28. The molecule has 8 heteroatoms. The van der Waals surface area contributed by atoms with Gasteiger partial charge in [0.25, 0.3) is 0 Å². The lowest BCUT2D eigenvalue weighted by atomic mass is 10.0. The van der Waals surface area contributed by atoms with Crippen LogP contribution in [-0.2, 0) is 4.79 Å². The molecule has 0 saturated heterocycles. The van der Waals surface area contributed by atoms with E-state index in [4.69, 9.17) is 15.9 Å². The summed E-state index contributed by atoms with van der Waals surface area (Å²) in [5, 5.41) is 27.2. The van der Waals surface area contributed by atoms with Crippen molar-refractivity contribution in [1.29, 1.82) is 0 Å². The Hall–Kier alpha value is -2.06. The smallest absolute Gasteiger partial charge is 0.338 e. The van der Waals surface area contributed by atoms with Crippen LogP contribution in [0.4, 0.5) is 8.78 Å². The van der Waals surface area contributed by atoms with Gasteiger partial charge in [-0.25, -0.2) is 13.6 Å². The summed E-state index contributed by atoms with van der Waals surface area (Å²) in [6.45, 7) is 0. The average Bonchev–Trinajstić information content (AvgIpc) is 2.26. The van der Waals surface area contributed by atoms with Gasteiger partial charge in [-0.1, -0.05) is 0 Å². The highest BCUT2D eigenvalue weighted by atomic mass is 19.1. The van der Waals surface area contributed by atoms with Gasteiger partial charge in [0.05, 0.1) is 5.56 Å². The Kier molecular flexibility index (Phi) is 3.94. The van der Waals surface area contributed by atoms with Crippen LogP contribution in [0.1, 0.15) is 22.0 Å². The summed E-state index contributed by atoms with van der Waals surface area (Å²) in [5.74, 6) is -5.66. The van der Waals surface area contributed by atoms with Crippen molar-refractivity contribution >= 4 is 11.9 Å². The molecule has 0 aliphatic rings. The van der Waals surface area contributed by atoms with Crippen LogP contribution in [0.25, 0.3) is 0 Å². The van der Waals surface area contributed by atoms with Gasteiger partial charge in [-0.15, -0.1) is 0 Å². The van der Waals surface area contributed by atoms with Crippen molar-refractivity contribution in [3.63, 3.8) is 0 Å². The first-order valence-electron chi connectivity index (χ1n) is 4.63. The first-order chi connectivity index (χ1) is 8.25. The van der Waals surface area contributed by atoms with Crippen molar-refractivity contribution < 1.29 is 33.7 Å². The number of nitrogens with two attached hydrogens (primary N) is 1. The van der Waals surface area contributed by atoms with Gasteiger partial charge >= 0.3 is 5.97 Å². The molecule has 1 rings (SSSR count). The molecular weight excluding hydrogens is 252 g/mol. The van der Waals surface area contributed by atoms with Crippen LogP contribution < -0.4 is 5.73 Å². The fraction of sp³-hybridized carbons (Fsp3) is 0.200. The second kappa shape index (κ2) is 5.07. The van der Waals surface area contributed by atoms with Crippen LogP contribution in [0, 0.1) is 11.6 Å². The molecule has 98 valence electrons. The molecule has 1 aromatic rings. The van der Waals surface area contributed by atoms with Gasteiger partial charge in [-0.2, -0.15) is 0 Å². The number of hydrogen-bond acceptors (Lipinski definition) is 4. The monoisotopic (exact) mass is 261 g/mol. The minimum atomic E-state index is -2.13. The van der Waals surface area contributed by atoms with Gasteiger partial charge in [0.15, 0.2) is 6.10 Å². The molecule has 0 bridgehead atoms. The normalized spacial score (nSPS) is 14.0. The molecule has 5 N–H and O–H groups in total. The zero-order valence-electron chi connectivity index (χ0n) is 8.80. The zero-order chi connectivity index (χ0) is 14.0. The second-order valence-electron chi connectivity index (χ2n) is 3.45. The summed E-state index contributed by atoms with van der Waals surface area (Å²) in [6.07, 6.45) is -4.21. The lowest BCUT2D eigenvalue weighted by molar-refractivity contribution is -0.132. The van der Waals surface area contributed by atoms with Crippen molar-refractivity contribution in [1.82, 2.24) is 0 Å². The van der Waals surface area contributed by atoms with Crippen LogP contribution in [0.5, 0.6) is 0 Å². The molecule has 0 heterocycles. The number of carbonyl (C=O) groups excluding carboxylic acids is 1. The van der Waals surface area contributed by atoms with Crippen LogP contribution in [0.15, 0.2) is 12.1 Å². The average molecular weight is 261 g/mol. The van der Waals surface area contributed by atoms with Gasteiger partial charge in [0.2, 0.25) is 5.91 Å². The molecule has 0 aliphatic carbocycles. The summed E-state index contributed by atoms with van der Waals surface area (Å²) in [4.78, 5) is 21.2. The number of carboxylic acids is 1. The number of halogens is 2. The number of carbonyl (C=O) groups is 2. The maximum absolute atomic E-state index is 13.3. The molecule has 18 heavy (non-hydrogen) atoms. The van der Waals surface area contributed by atoms with Gasteiger partial charge < -0.3 is 21.1 Å². The lowest BCUT2D eigenvalue weighted by Crippen LogP contribution is -2.34. The molecule has 0 radical (unpaired) electrons. The zero-order valence-corrected chi connectivity index (χ0v) is 8.80. The topological polar surface area (TPSA) is 121 Å². The molecule has 0 aliphatic heterocycles. The van der Waals surface area contributed by atoms with Gasteiger partial charge in [0.1, 0.15) is 17.7 Å². The molecular formula is C10H9F2NO5. The number of benzene rings is 1. The fourth-order valence-corrected chi connectivity index (χ4v) is 1.28. The molecule has 1 amide bonds. The Bertz CT molecular complexity index is 505. The molecule has 2 atom stereocenters. The quantitative estimate of drug-likeness (QED) is 0.584. The van der Waals surface area contributed by atoms with Gasteiger partial charge in [-0.3, -0.25) is 4.79 Å². The minimum Gasteiger partial charge on any atom is -0.478 e. The van der Waals surface area contributed by atoms with Crippen molar-refractivity contribution in [2.24, 2.45) is 5.73 Å². The third kappa shape index (κ3) is 2.60. The predicted molar refractivity (Wildman–Crippen MR) is 53.5 cm³/mol. The SMILES string of the molecule is NC(=O)C(O)C(O)c1cc(C(=O)O)c(F)cc1F. The maximum Gasteiger partial charge on any atom is 0.338 e. The highest BCUT2D eigenvalue weighted by molar-refractivity contribution is 5.88. The largest absolute Gasteiger partial charge is 0.478 e. The van der Waals surface area contributed by atoms with E-state index in [2.05, 4.69) is 0 Å². The second-order valence-corrected chi connectivity index (χ2v) is 3.45. The van der Waals surface area contributed by atoms with Crippen LogP contribution >= 0.6 is 0 Å².